The first-order valence-electron chi connectivity index (χ1n) is 5.35. The lowest BCUT2D eigenvalue weighted by molar-refractivity contribution is -0.0949. The van der Waals surface area contributed by atoms with Crippen LogP contribution in [0.4, 0.5) is 8.78 Å². The number of allylic oxidation sites excluding steroid dienone is 1. The van der Waals surface area contributed by atoms with Gasteiger partial charge in [0.2, 0.25) is 0 Å². The van der Waals surface area contributed by atoms with Crippen LogP contribution in [0.2, 0.25) is 0 Å². The van der Waals surface area contributed by atoms with E-state index in [0.717, 1.165) is 19.3 Å². The summed E-state index contributed by atoms with van der Waals surface area (Å²) in [7, 11) is 0. The SMILES string of the molecule is CC1=CCC(NC2CC(F)(F)C2)CC1. The van der Waals surface area contributed by atoms with Gasteiger partial charge in [0, 0.05) is 24.9 Å². The van der Waals surface area contributed by atoms with Crippen molar-refractivity contribution in [2.75, 3.05) is 0 Å². The molecule has 0 aromatic rings. The quantitative estimate of drug-likeness (QED) is 0.677. The molecule has 0 heterocycles. The number of halogens is 2. The molecule has 0 bridgehead atoms. The van der Waals surface area contributed by atoms with E-state index >= 15 is 0 Å². The molecule has 14 heavy (non-hydrogen) atoms. The molecule has 0 spiro atoms. The van der Waals surface area contributed by atoms with Crippen molar-refractivity contribution in [3.05, 3.63) is 11.6 Å². The van der Waals surface area contributed by atoms with Crippen molar-refractivity contribution in [2.24, 2.45) is 0 Å². The van der Waals surface area contributed by atoms with Crippen molar-refractivity contribution in [1.82, 2.24) is 5.32 Å². The summed E-state index contributed by atoms with van der Waals surface area (Å²) in [6.07, 6.45) is 5.51. The Hall–Kier alpha value is -0.440. The number of nitrogens with one attached hydrogen (secondary N) is 1. The maximum absolute atomic E-state index is 12.6. The molecule has 0 saturated heterocycles. The summed E-state index contributed by atoms with van der Waals surface area (Å²) < 4.78 is 25.1. The molecular formula is C11H17F2N. The van der Waals surface area contributed by atoms with Crippen LogP contribution >= 0.6 is 0 Å². The zero-order valence-electron chi connectivity index (χ0n) is 8.52. The van der Waals surface area contributed by atoms with E-state index in [0.29, 0.717) is 6.04 Å². The lowest BCUT2D eigenvalue weighted by Gasteiger charge is -2.38. The molecule has 1 saturated carbocycles. The van der Waals surface area contributed by atoms with Gasteiger partial charge in [0.15, 0.2) is 0 Å². The maximum atomic E-state index is 12.6. The van der Waals surface area contributed by atoms with Gasteiger partial charge >= 0.3 is 0 Å². The smallest absolute Gasteiger partial charge is 0.251 e. The van der Waals surface area contributed by atoms with Gasteiger partial charge in [-0.25, -0.2) is 8.78 Å². The first kappa shape index (κ1) is 10.1. The minimum atomic E-state index is -2.39. The minimum Gasteiger partial charge on any atom is -0.310 e. The van der Waals surface area contributed by atoms with Crippen molar-refractivity contribution < 1.29 is 8.78 Å². The Bertz CT molecular complexity index is 240. The Labute approximate surface area is 83.6 Å². The molecule has 0 radical (unpaired) electrons. The topological polar surface area (TPSA) is 12.0 Å². The van der Waals surface area contributed by atoms with Gasteiger partial charge < -0.3 is 5.32 Å². The summed E-state index contributed by atoms with van der Waals surface area (Å²) in [5, 5.41) is 3.31. The molecule has 2 aliphatic rings. The van der Waals surface area contributed by atoms with E-state index in [1.54, 1.807) is 0 Å². The fourth-order valence-corrected chi connectivity index (χ4v) is 2.23. The van der Waals surface area contributed by atoms with Crippen molar-refractivity contribution in [3.63, 3.8) is 0 Å². The zero-order valence-corrected chi connectivity index (χ0v) is 8.52. The van der Waals surface area contributed by atoms with Gasteiger partial charge in [-0.15, -0.1) is 0 Å². The van der Waals surface area contributed by atoms with E-state index in [1.165, 1.54) is 5.57 Å². The van der Waals surface area contributed by atoms with E-state index in [1.807, 2.05) is 0 Å². The van der Waals surface area contributed by atoms with Crippen LogP contribution in [0.3, 0.4) is 0 Å². The molecule has 0 amide bonds. The largest absolute Gasteiger partial charge is 0.310 e. The summed E-state index contributed by atoms with van der Waals surface area (Å²) in [5.74, 6) is -2.39. The number of rotatable bonds is 2. The second-order valence-corrected chi connectivity index (χ2v) is 4.65. The molecular weight excluding hydrogens is 184 g/mol. The summed E-state index contributed by atoms with van der Waals surface area (Å²) in [4.78, 5) is 0. The van der Waals surface area contributed by atoms with E-state index in [-0.39, 0.29) is 18.9 Å². The highest BCUT2D eigenvalue weighted by molar-refractivity contribution is 5.05. The Morgan fingerprint density at radius 1 is 1.36 bits per heavy atom. The monoisotopic (exact) mass is 201 g/mol. The van der Waals surface area contributed by atoms with Crippen LogP contribution in [0, 0.1) is 0 Å². The number of alkyl halides is 2. The molecule has 1 unspecified atom stereocenters. The van der Waals surface area contributed by atoms with Crippen LogP contribution in [-0.4, -0.2) is 18.0 Å². The molecule has 1 nitrogen and oxygen atoms in total. The van der Waals surface area contributed by atoms with Crippen LogP contribution in [0.15, 0.2) is 11.6 Å². The summed E-state index contributed by atoms with van der Waals surface area (Å²) in [5.41, 5.74) is 1.43. The summed E-state index contributed by atoms with van der Waals surface area (Å²) >= 11 is 0. The molecule has 1 atom stereocenters. The van der Waals surface area contributed by atoms with E-state index in [4.69, 9.17) is 0 Å². The normalized spacial score (nSPS) is 32.2. The zero-order chi connectivity index (χ0) is 10.2. The van der Waals surface area contributed by atoms with E-state index < -0.39 is 5.92 Å². The summed E-state index contributed by atoms with van der Waals surface area (Å²) in [6, 6.07) is 0.488. The molecule has 0 aromatic heterocycles. The Balaban J connectivity index is 1.73. The second-order valence-electron chi connectivity index (χ2n) is 4.65. The van der Waals surface area contributed by atoms with Crippen LogP contribution in [-0.2, 0) is 0 Å². The van der Waals surface area contributed by atoms with Crippen LogP contribution in [0.25, 0.3) is 0 Å². The second kappa shape index (κ2) is 3.61. The van der Waals surface area contributed by atoms with Gasteiger partial charge in [0.25, 0.3) is 5.92 Å². The highest BCUT2D eigenvalue weighted by Crippen LogP contribution is 2.38. The maximum Gasteiger partial charge on any atom is 0.251 e. The number of hydrogen-bond acceptors (Lipinski definition) is 1. The average Bonchev–Trinajstić information content (AvgIpc) is 2.06. The highest BCUT2D eigenvalue weighted by Gasteiger charge is 2.45. The standard InChI is InChI=1S/C11H17F2N/c1-8-2-4-9(5-3-8)14-10-6-11(12,13)7-10/h2,9-10,14H,3-7H2,1H3. The van der Waals surface area contributed by atoms with Gasteiger partial charge in [0.05, 0.1) is 0 Å². The lowest BCUT2D eigenvalue weighted by Crippen LogP contribution is -2.52. The van der Waals surface area contributed by atoms with Gasteiger partial charge in [-0.05, 0) is 26.2 Å². The average molecular weight is 201 g/mol. The van der Waals surface area contributed by atoms with Gasteiger partial charge in [0.1, 0.15) is 0 Å². The molecule has 80 valence electrons. The van der Waals surface area contributed by atoms with Crippen molar-refractivity contribution in [3.8, 4) is 0 Å². The Morgan fingerprint density at radius 3 is 2.57 bits per heavy atom. The van der Waals surface area contributed by atoms with Gasteiger partial charge in [-0.3, -0.25) is 0 Å². The third-order valence-electron chi connectivity index (χ3n) is 3.20. The van der Waals surface area contributed by atoms with E-state index in [2.05, 4.69) is 18.3 Å². The molecule has 2 aliphatic carbocycles. The third-order valence-corrected chi connectivity index (χ3v) is 3.20. The fraction of sp³-hybridized carbons (Fsp3) is 0.818. The minimum absolute atomic E-state index is 0.0339. The molecule has 0 aromatic carbocycles. The Kier molecular flexibility index (Phi) is 2.60. The lowest BCUT2D eigenvalue weighted by atomic mass is 9.86. The number of hydrogen-bond donors (Lipinski definition) is 1. The van der Waals surface area contributed by atoms with Crippen LogP contribution in [0.1, 0.15) is 39.0 Å². The molecule has 0 aliphatic heterocycles. The first-order chi connectivity index (χ1) is 6.55. The molecule has 3 heteroatoms. The predicted molar refractivity (Wildman–Crippen MR) is 52.5 cm³/mol. The first-order valence-corrected chi connectivity index (χ1v) is 5.35. The van der Waals surface area contributed by atoms with Crippen molar-refractivity contribution in [1.29, 1.82) is 0 Å². The Morgan fingerprint density at radius 2 is 2.07 bits per heavy atom. The van der Waals surface area contributed by atoms with Crippen molar-refractivity contribution in [2.45, 2.75) is 57.0 Å². The molecule has 1 N–H and O–H groups in total. The highest BCUT2D eigenvalue weighted by atomic mass is 19.3. The van der Waals surface area contributed by atoms with E-state index in [9.17, 15) is 8.78 Å². The molecule has 2 rings (SSSR count). The van der Waals surface area contributed by atoms with Crippen molar-refractivity contribution >= 4 is 0 Å². The van der Waals surface area contributed by atoms with Crippen LogP contribution in [0.5, 0.6) is 0 Å². The molecule has 1 fully saturated rings. The predicted octanol–water partition coefficient (Wildman–Crippen LogP) is 2.87. The van der Waals surface area contributed by atoms with Crippen LogP contribution < -0.4 is 5.32 Å². The summed E-state index contributed by atoms with van der Waals surface area (Å²) in [6.45, 7) is 2.13. The van der Waals surface area contributed by atoms with Gasteiger partial charge in [-0.1, -0.05) is 11.6 Å². The fourth-order valence-electron chi connectivity index (χ4n) is 2.23. The van der Waals surface area contributed by atoms with Gasteiger partial charge in [-0.2, -0.15) is 0 Å². The third kappa shape index (κ3) is 2.32.